The van der Waals surface area contributed by atoms with E-state index in [9.17, 15) is 4.79 Å². The molecule has 0 saturated heterocycles. The molecule has 1 aliphatic carbocycles. The molecule has 1 fully saturated rings. The third-order valence-corrected chi connectivity index (χ3v) is 3.15. The van der Waals surface area contributed by atoms with Crippen molar-refractivity contribution in [2.24, 2.45) is 16.1 Å². The summed E-state index contributed by atoms with van der Waals surface area (Å²) in [6.07, 6.45) is 3.87. The van der Waals surface area contributed by atoms with Gasteiger partial charge in [0.2, 0.25) is 0 Å². The largest absolute Gasteiger partial charge is 0.493 e. The first-order chi connectivity index (χ1) is 9.26. The Morgan fingerprint density at radius 1 is 1.26 bits per heavy atom. The molecule has 2 aliphatic rings. The van der Waals surface area contributed by atoms with Crippen LogP contribution in [-0.4, -0.2) is 19.6 Å². The summed E-state index contributed by atoms with van der Waals surface area (Å²) in [5.41, 5.74) is 1.37. The second-order valence-corrected chi connectivity index (χ2v) is 4.69. The third kappa shape index (κ3) is 2.65. The van der Waals surface area contributed by atoms with Crippen molar-refractivity contribution in [2.45, 2.75) is 12.8 Å². The Morgan fingerprint density at radius 2 is 2.11 bits per heavy atom. The van der Waals surface area contributed by atoms with Gasteiger partial charge in [-0.2, -0.15) is 0 Å². The van der Waals surface area contributed by atoms with Crippen LogP contribution in [0, 0.1) is 5.92 Å². The number of methoxy groups -OCH3 is 1. The van der Waals surface area contributed by atoms with Crippen molar-refractivity contribution in [3.8, 4) is 11.5 Å². The third-order valence-electron chi connectivity index (χ3n) is 3.15. The highest BCUT2D eigenvalue weighted by Crippen LogP contribution is 2.35. The van der Waals surface area contributed by atoms with Crippen molar-refractivity contribution in [1.82, 2.24) is 0 Å². The molecule has 1 saturated carbocycles. The Morgan fingerprint density at radius 3 is 2.74 bits per heavy atom. The van der Waals surface area contributed by atoms with Crippen molar-refractivity contribution in [1.29, 1.82) is 0 Å². The van der Waals surface area contributed by atoms with Gasteiger partial charge in [0, 0.05) is 11.6 Å². The number of amides is 1. The van der Waals surface area contributed by atoms with Gasteiger partial charge in [0.1, 0.15) is 0 Å². The fraction of sp³-hybridized carbons (Fsp3) is 0.357. The van der Waals surface area contributed by atoms with Crippen LogP contribution in [0.25, 0.3) is 5.70 Å². The number of rotatable bonds is 5. The molecule has 98 valence electrons. The van der Waals surface area contributed by atoms with Crippen LogP contribution in [0.4, 0.5) is 0 Å². The van der Waals surface area contributed by atoms with Gasteiger partial charge in [0.05, 0.1) is 19.4 Å². The smallest absolute Gasteiger partial charge is 0.290 e. The predicted molar refractivity (Wildman–Crippen MR) is 69.1 cm³/mol. The quantitative estimate of drug-likeness (QED) is 0.815. The average molecular weight is 258 g/mol. The van der Waals surface area contributed by atoms with Crippen LogP contribution < -0.4 is 9.47 Å². The van der Waals surface area contributed by atoms with E-state index in [1.54, 1.807) is 7.11 Å². The van der Waals surface area contributed by atoms with Crippen molar-refractivity contribution in [2.75, 3.05) is 13.7 Å². The maximum atomic E-state index is 11.1. The van der Waals surface area contributed by atoms with E-state index in [1.165, 1.54) is 18.9 Å². The van der Waals surface area contributed by atoms with E-state index >= 15 is 0 Å². The minimum absolute atomic E-state index is 0.328. The molecule has 0 bridgehead atoms. The Bertz CT molecular complexity index is 574. The molecule has 1 aliphatic heterocycles. The summed E-state index contributed by atoms with van der Waals surface area (Å²) in [6, 6.07) is 5.49. The summed E-state index contributed by atoms with van der Waals surface area (Å²) >= 11 is 0. The molecule has 0 atom stereocenters. The first-order valence-electron chi connectivity index (χ1n) is 6.25. The number of carbonyl (C=O) groups excluding carboxylic acids is 1. The second kappa shape index (κ2) is 4.84. The number of azo groups is 1. The van der Waals surface area contributed by atoms with Crippen LogP contribution >= 0.6 is 0 Å². The Labute approximate surface area is 110 Å². The average Bonchev–Trinajstić information content (AvgIpc) is 3.16. The van der Waals surface area contributed by atoms with Crippen LogP contribution in [0.1, 0.15) is 18.4 Å². The maximum absolute atomic E-state index is 11.1. The summed E-state index contributed by atoms with van der Waals surface area (Å²) in [5.74, 6) is 1.71. The summed E-state index contributed by atoms with van der Waals surface area (Å²) in [7, 11) is 1.61. The molecule has 0 spiro atoms. The maximum Gasteiger partial charge on any atom is 0.290 e. The fourth-order valence-corrected chi connectivity index (χ4v) is 1.86. The normalized spacial score (nSPS) is 17.5. The molecule has 5 nitrogen and oxygen atoms in total. The van der Waals surface area contributed by atoms with E-state index < -0.39 is 0 Å². The molecule has 1 aromatic rings. The van der Waals surface area contributed by atoms with Crippen LogP contribution in [0.5, 0.6) is 11.5 Å². The highest BCUT2D eigenvalue weighted by Gasteiger charge is 2.23. The fourth-order valence-electron chi connectivity index (χ4n) is 1.86. The number of nitrogens with zero attached hydrogens (tertiary/aromatic N) is 2. The minimum atomic E-state index is -0.328. The first-order valence-corrected chi connectivity index (χ1v) is 6.25. The van der Waals surface area contributed by atoms with Crippen molar-refractivity contribution >= 4 is 11.6 Å². The lowest BCUT2D eigenvalue weighted by atomic mass is 10.1. The zero-order valence-corrected chi connectivity index (χ0v) is 10.6. The van der Waals surface area contributed by atoms with E-state index in [1.807, 2.05) is 18.2 Å². The predicted octanol–water partition coefficient (Wildman–Crippen LogP) is 2.82. The van der Waals surface area contributed by atoms with E-state index in [0.717, 1.165) is 5.56 Å². The van der Waals surface area contributed by atoms with Gasteiger partial charge in [0.15, 0.2) is 11.5 Å². The van der Waals surface area contributed by atoms with Crippen molar-refractivity contribution in [3.63, 3.8) is 0 Å². The number of ether oxygens (including phenoxy) is 2. The zero-order chi connectivity index (χ0) is 13.2. The van der Waals surface area contributed by atoms with Gasteiger partial charge in [-0.25, -0.2) is 0 Å². The van der Waals surface area contributed by atoms with Gasteiger partial charge in [-0.05, 0) is 37.0 Å². The molecule has 1 heterocycles. The summed E-state index contributed by atoms with van der Waals surface area (Å²) in [6.45, 7) is 0.708. The van der Waals surface area contributed by atoms with Gasteiger partial charge in [0.25, 0.3) is 5.91 Å². The second-order valence-electron chi connectivity index (χ2n) is 4.69. The highest BCUT2D eigenvalue weighted by atomic mass is 16.5. The Balaban J connectivity index is 1.85. The van der Waals surface area contributed by atoms with Crippen molar-refractivity contribution < 1.29 is 14.3 Å². The van der Waals surface area contributed by atoms with Crippen LogP contribution in [0.2, 0.25) is 0 Å². The molecule has 3 rings (SSSR count). The van der Waals surface area contributed by atoms with Crippen LogP contribution in [0.3, 0.4) is 0 Å². The lowest BCUT2D eigenvalue weighted by Gasteiger charge is -2.11. The summed E-state index contributed by atoms with van der Waals surface area (Å²) < 4.78 is 11.0. The number of benzene rings is 1. The lowest BCUT2D eigenvalue weighted by molar-refractivity contribution is -0.113. The number of hydrogen-bond donors (Lipinski definition) is 0. The van der Waals surface area contributed by atoms with Crippen LogP contribution in [0.15, 0.2) is 34.5 Å². The van der Waals surface area contributed by atoms with E-state index in [2.05, 4.69) is 10.2 Å². The zero-order valence-electron chi connectivity index (χ0n) is 10.6. The van der Waals surface area contributed by atoms with E-state index in [0.29, 0.717) is 29.7 Å². The Kier molecular flexibility index (Phi) is 3.03. The highest BCUT2D eigenvalue weighted by molar-refractivity contribution is 5.98. The van der Waals surface area contributed by atoms with Crippen molar-refractivity contribution in [3.05, 3.63) is 29.8 Å². The standard InChI is InChI=1S/C14H14N2O3/c1-18-12-5-4-10(11-7-14(17)16-15-11)6-13(12)19-8-9-2-3-9/h4-7,9H,2-3,8H2,1H3. The molecule has 0 unspecified atom stereocenters. The van der Waals surface area contributed by atoms with Gasteiger partial charge in [-0.15, -0.1) is 10.2 Å². The van der Waals surface area contributed by atoms with Gasteiger partial charge < -0.3 is 9.47 Å². The molecular weight excluding hydrogens is 244 g/mol. The SMILES string of the molecule is COc1ccc(C2=CC(=O)N=N2)cc1OCC1CC1. The molecule has 19 heavy (non-hydrogen) atoms. The molecule has 0 N–H and O–H groups in total. The molecule has 1 amide bonds. The molecule has 5 heteroatoms. The van der Waals surface area contributed by atoms with Crippen LogP contribution in [-0.2, 0) is 4.79 Å². The van der Waals surface area contributed by atoms with Gasteiger partial charge in [-0.3, -0.25) is 4.79 Å². The van der Waals surface area contributed by atoms with Gasteiger partial charge >= 0.3 is 0 Å². The number of carbonyl (C=O) groups is 1. The number of hydrogen-bond acceptors (Lipinski definition) is 4. The van der Waals surface area contributed by atoms with E-state index in [4.69, 9.17) is 9.47 Å². The van der Waals surface area contributed by atoms with E-state index in [-0.39, 0.29) is 5.91 Å². The topological polar surface area (TPSA) is 60.2 Å². The first kappa shape index (κ1) is 11.9. The van der Waals surface area contributed by atoms with Gasteiger partial charge in [-0.1, -0.05) is 0 Å². The minimum Gasteiger partial charge on any atom is -0.493 e. The summed E-state index contributed by atoms with van der Waals surface area (Å²) in [5, 5.41) is 7.30. The molecular formula is C14H14N2O3. The molecule has 0 aromatic heterocycles. The summed E-state index contributed by atoms with van der Waals surface area (Å²) in [4.78, 5) is 11.1. The monoisotopic (exact) mass is 258 g/mol. The Hall–Kier alpha value is -2.17. The molecule has 0 radical (unpaired) electrons. The lowest BCUT2D eigenvalue weighted by Crippen LogP contribution is -2.01. The molecule has 1 aromatic carbocycles.